The van der Waals surface area contributed by atoms with Crippen molar-refractivity contribution in [2.24, 2.45) is 0 Å². The van der Waals surface area contributed by atoms with E-state index in [1.54, 1.807) is 4.90 Å². The lowest BCUT2D eigenvalue weighted by atomic mass is 9.88. The predicted octanol–water partition coefficient (Wildman–Crippen LogP) is 6.72. The Morgan fingerprint density at radius 1 is 0.812 bits per heavy atom. The highest BCUT2D eigenvalue weighted by molar-refractivity contribution is 7.92. The van der Waals surface area contributed by atoms with Crippen molar-refractivity contribution < 1.29 is 53.6 Å². The number of hydrogen-bond donors (Lipinski definition) is 0. The number of rotatable bonds is 7. The highest BCUT2D eigenvalue weighted by Gasteiger charge is 2.73. The minimum atomic E-state index is -6.15. The quantitative estimate of drug-likeness (QED) is 0.202. The van der Waals surface area contributed by atoms with Crippen LogP contribution in [0.1, 0.15) is 23.1 Å². The maximum Gasteiger partial charge on any atom is 0.430 e. The number of urea groups is 1. The molecule has 6 nitrogen and oxygen atoms in total. The largest absolute Gasteiger partial charge is 0.611 e. The second-order valence-electron chi connectivity index (χ2n) is 11.7. The van der Waals surface area contributed by atoms with Crippen LogP contribution in [0.5, 0.6) is 0 Å². The summed E-state index contributed by atoms with van der Waals surface area (Å²) >= 11 is -2.07. The van der Waals surface area contributed by atoms with Crippen molar-refractivity contribution in [1.29, 1.82) is 0 Å². The number of piperazine rings is 1. The zero-order valence-electron chi connectivity index (χ0n) is 25.4. The third kappa shape index (κ3) is 6.59. The molecule has 0 aromatic heterocycles. The molecule has 2 amide bonds. The Hall–Kier alpha value is -3.47. The molecule has 0 aliphatic carbocycles. The van der Waals surface area contributed by atoms with Crippen molar-refractivity contribution in [3.05, 3.63) is 101 Å². The first kappa shape index (κ1) is 35.8. The van der Waals surface area contributed by atoms with Gasteiger partial charge in [0.15, 0.2) is 9.64 Å². The van der Waals surface area contributed by atoms with Gasteiger partial charge in [0.25, 0.3) is 5.60 Å². The van der Waals surface area contributed by atoms with E-state index in [1.807, 2.05) is 11.9 Å². The first-order chi connectivity index (χ1) is 22.5. The zero-order valence-corrected chi connectivity index (χ0v) is 26.2. The third-order valence-electron chi connectivity index (χ3n) is 8.77. The van der Waals surface area contributed by atoms with Crippen LogP contribution in [0.15, 0.2) is 71.6 Å². The lowest BCUT2D eigenvalue weighted by Gasteiger charge is -2.38. The number of benzene rings is 3. The van der Waals surface area contributed by atoms with Crippen molar-refractivity contribution >= 4 is 17.2 Å². The Morgan fingerprint density at radius 2 is 1.38 bits per heavy atom. The molecule has 260 valence electrons. The molecule has 2 heterocycles. The van der Waals surface area contributed by atoms with Gasteiger partial charge < -0.3 is 24.0 Å². The number of carbonyl (C=O) groups is 1. The molecule has 2 fully saturated rings. The van der Waals surface area contributed by atoms with E-state index in [0.29, 0.717) is 50.4 Å². The van der Waals surface area contributed by atoms with Gasteiger partial charge in [-0.3, -0.25) is 0 Å². The highest BCUT2D eigenvalue weighted by atomic mass is 32.2. The molecule has 0 saturated carbocycles. The van der Waals surface area contributed by atoms with Crippen LogP contribution >= 0.6 is 0 Å². The van der Waals surface area contributed by atoms with E-state index >= 15 is 0 Å². The van der Waals surface area contributed by atoms with E-state index in [1.165, 1.54) is 17.0 Å². The molecule has 48 heavy (non-hydrogen) atoms. The van der Waals surface area contributed by atoms with Crippen molar-refractivity contribution in [2.75, 3.05) is 46.3 Å². The van der Waals surface area contributed by atoms with Gasteiger partial charge in [0.1, 0.15) is 17.5 Å². The summed E-state index contributed by atoms with van der Waals surface area (Å²) in [7, 11) is 1.90. The van der Waals surface area contributed by atoms with Gasteiger partial charge in [0.2, 0.25) is 0 Å². The molecule has 2 atom stereocenters. The predicted molar refractivity (Wildman–Crippen MR) is 157 cm³/mol. The van der Waals surface area contributed by atoms with Crippen LogP contribution in [0.25, 0.3) is 0 Å². The monoisotopic (exact) mass is 707 g/mol. The van der Waals surface area contributed by atoms with Crippen LogP contribution in [0, 0.1) is 17.5 Å². The molecular weight excluding hydrogens is 677 g/mol. The van der Waals surface area contributed by atoms with Crippen LogP contribution in [0.3, 0.4) is 0 Å². The number of likely N-dealkylation sites (N-methyl/N-ethyl adjacent to an activating group) is 1. The van der Waals surface area contributed by atoms with Crippen molar-refractivity contribution in [2.45, 2.75) is 40.6 Å². The van der Waals surface area contributed by atoms with Crippen LogP contribution in [0.2, 0.25) is 0 Å². The number of hydrogen-bond acceptors (Lipinski definition) is 4. The molecule has 3 aromatic rings. The van der Waals surface area contributed by atoms with Gasteiger partial charge >= 0.3 is 18.4 Å². The summed E-state index contributed by atoms with van der Waals surface area (Å²) in [5.74, 6) is -3.42. The number of alkyl halides is 6. The molecule has 5 rings (SSSR count). The Kier molecular flexibility index (Phi) is 10.0. The van der Waals surface area contributed by atoms with Crippen molar-refractivity contribution in [1.82, 2.24) is 14.7 Å². The van der Waals surface area contributed by atoms with Gasteiger partial charge in [-0.15, -0.1) is 0 Å². The van der Waals surface area contributed by atoms with E-state index in [-0.39, 0.29) is 36.0 Å². The molecule has 2 aliphatic rings. The van der Waals surface area contributed by atoms with Gasteiger partial charge in [0, 0.05) is 55.8 Å². The molecule has 3 aromatic carbocycles. The number of amides is 2. The van der Waals surface area contributed by atoms with Crippen molar-refractivity contribution in [3.63, 3.8) is 0 Å². The van der Waals surface area contributed by atoms with Crippen LogP contribution in [0.4, 0.5) is 44.3 Å². The summed E-state index contributed by atoms with van der Waals surface area (Å²) < 4.78 is 146. The average molecular weight is 708 g/mol. The van der Waals surface area contributed by atoms with Gasteiger partial charge in [-0.2, -0.15) is 26.3 Å². The molecule has 2 unspecified atom stereocenters. The Morgan fingerprint density at radius 3 is 1.92 bits per heavy atom. The van der Waals surface area contributed by atoms with E-state index in [4.69, 9.17) is 0 Å². The van der Waals surface area contributed by atoms with Gasteiger partial charge in [-0.05, 0) is 54.6 Å². The fourth-order valence-electron chi connectivity index (χ4n) is 6.02. The second kappa shape index (κ2) is 13.4. The summed E-state index contributed by atoms with van der Waals surface area (Å²) in [5, 5.41) is 0. The number of halogens is 9. The van der Waals surface area contributed by atoms with Gasteiger partial charge in [0.05, 0.1) is 13.2 Å². The molecule has 2 saturated heterocycles. The smallest absolute Gasteiger partial charge is 0.430 e. The lowest BCUT2D eigenvalue weighted by molar-refractivity contribution is -0.392. The third-order valence-corrected chi connectivity index (χ3v) is 10.7. The summed E-state index contributed by atoms with van der Waals surface area (Å²) in [6.45, 7) is 0.227. The normalized spacial score (nSPS) is 20.3. The Labute approximate surface area is 273 Å². The molecule has 0 N–H and O–H groups in total. The first-order valence-corrected chi connectivity index (χ1v) is 15.9. The SMILES string of the molecule is CN1CCN(C(=O)N2CCC(c3ccc(C(OCc4c(F)cccc4F)(C(F)(F)F)C(F)(F)F)cc3)([S+]([O-])c3ccc(F)cc3)C2)CC1. The molecular formula is C32H30F9N3O3S. The second-order valence-corrected chi connectivity index (χ2v) is 13.5. The summed E-state index contributed by atoms with van der Waals surface area (Å²) in [5.41, 5.74) is -7.51. The lowest BCUT2D eigenvalue weighted by Crippen LogP contribution is -2.56. The van der Waals surface area contributed by atoms with E-state index in [9.17, 15) is 48.9 Å². The zero-order chi connectivity index (χ0) is 35.1. The van der Waals surface area contributed by atoms with Crippen LogP contribution in [-0.4, -0.2) is 84.0 Å². The summed E-state index contributed by atoms with van der Waals surface area (Å²) in [6, 6.07) is 9.40. The standard InChI is InChI=1S/C32H30F9N3O3S/c1-42-15-17-43(18-16-42)28(45)44-14-13-29(20-44,48(46)24-11-9-23(33)10-12-24)21-5-7-22(8-6-21)30(31(36,37)38,32(39,40)41)47-19-25-26(34)3-2-4-27(25)35/h2-12H,13-20H2,1H3. The van der Waals surface area contributed by atoms with Gasteiger partial charge in [-0.25, -0.2) is 18.0 Å². The molecule has 0 bridgehead atoms. The van der Waals surface area contributed by atoms with E-state index in [2.05, 4.69) is 4.74 Å². The van der Waals surface area contributed by atoms with E-state index < -0.39 is 69.1 Å². The molecule has 16 heteroatoms. The average Bonchev–Trinajstić information content (AvgIpc) is 3.48. The Bertz CT molecular complexity index is 1560. The fraction of sp³-hybridized carbons (Fsp3) is 0.406. The maximum atomic E-state index is 14.5. The number of nitrogens with zero attached hydrogens (tertiary/aromatic N) is 3. The minimum Gasteiger partial charge on any atom is -0.611 e. The fourth-order valence-corrected chi connectivity index (χ4v) is 7.75. The minimum absolute atomic E-state index is 0.0164. The van der Waals surface area contributed by atoms with Crippen LogP contribution in [-0.2, 0) is 32.9 Å². The summed E-state index contributed by atoms with van der Waals surface area (Å²) in [4.78, 5) is 18.6. The highest BCUT2D eigenvalue weighted by Crippen LogP contribution is 2.54. The first-order valence-electron chi connectivity index (χ1n) is 14.7. The maximum absolute atomic E-state index is 14.5. The number of ether oxygens (including phenoxy) is 1. The van der Waals surface area contributed by atoms with E-state index in [0.717, 1.165) is 30.3 Å². The molecule has 0 radical (unpaired) electrons. The van der Waals surface area contributed by atoms with Gasteiger partial charge in [-0.1, -0.05) is 30.3 Å². The van der Waals surface area contributed by atoms with Crippen LogP contribution < -0.4 is 0 Å². The molecule has 2 aliphatic heterocycles. The van der Waals surface area contributed by atoms with Crippen molar-refractivity contribution in [3.8, 4) is 0 Å². The molecule has 0 spiro atoms. The topological polar surface area (TPSA) is 59.1 Å². The number of carbonyl (C=O) groups excluding carboxylic acids is 1. The Balaban J connectivity index is 1.54. The summed E-state index contributed by atoms with van der Waals surface area (Å²) in [6.07, 6.45) is -12.3. The number of likely N-dealkylation sites (tertiary alicyclic amines) is 1.